The Morgan fingerprint density at radius 1 is 1.20 bits per heavy atom. The Labute approximate surface area is 140 Å². The molecule has 0 spiro atoms. The minimum absolute atomic E-state index is 0. The van der Waals surface area contributed by atoms with E-state index in [9.17, 15) is 4.79 Å². The second kappa shape index (κ2) is 14.9. The number of nitrogens with zero attached hydrogens (tertiary/aromatic N) is 1. The number of unbranched alkanes of at least 4 members (excludes halogenated alkanes) is 2. The van der Waals surface area contributed by atoms with Gasteiger partial charge in [-0.05, 0) is 27.2 Å². The highest BCUT2D eigenvalue weighted by atomic mass is 127. The van der Waals surface area contributed by atoms with E-state index < -0.39 is 0 Å². The highest BCUT2D eigenvalue weighted by Gasteiger charge is 2.05. The number of halogens is 1. The van der Waals surface area contributed by atoms with Gasteiger partial charge in [-0.15, -0.1) is 24.0 Å². The van der Waals surface area contributed by atoms with Crippen LogP contribution in [0.2, 0.25) is 0 Å². The number of ether oxygens (including phenoxy) is 1. The molecule has 0 unspecified atom stereocenters. The van der Waals surface area contributed by atoms with Gasteiger partial charge in [-0.25, -0.2) is 0 Å². The summed E-state index contributed by atoms with van der Waals surface area (Å²) >= 11 is 0. The molecule has 0 amide bonds. The Balaban J connectivity index is 0. The number of nitrogens with one attached hydrogen (secondary N) is 2. The molecule has 0 rings (SSSR count). The normalized spacial score (nSPS) is 10.9. The lowest BCUT2D eigenvalue weighted by atomic mass is 10.2. The summed E-state index contributed by atoms with van der Waals surface area (Å²) in [5, 5.41) is 6.30. The van der Waals surface area contributed by atoms with Gasteiger partial charge in [-0.2, -0.15) is 0 Å². The molecule has 6 heteroatoms. The van der Waals surface area contributed by atoms with Crippen LogP contribution in [0.15, 0.2) is 4.99 Å². The van der Waals surface area contributed by atoms with Crippen molar-refractivity contribution >= 4 is 35.9 Å². The first-order valence-corrected chi connectivity index (χ1v) is 7.31. The first-order chi connectivity index (χ1) is 9.10. The molecule has 0 aromatic heterocycles. The number of carbonyl (C=O) groups excluding carboxylic acids is 1. The molecule has 0 aliphatic carbocycles. The molecular formula is C14H30IN3O2. The van der Waals surface area contributed by atoms with Gasteiger partial charge in [-0.3, -0.25) is 9.79 Å². The summed E-state index contributed by atoms with van der Waals surface area (Å²) in [5.74, 6) is 0.597. The number of rotatable bonds is 9. The van der Waals surface area contributed by atoms with E-state index >= 15 is 0 Å². The summed E-state index contributed by atoms with van der Waals surface area (Å²) in [4.78, 5) is 15.8. The van der Waals surface area contributed by atoms with Gasteiger partial charge in [-0.1, -0.05) is 19.8 Å². The third-order valence-electron chi connectivity index (χ3n) is 2.36. The lowest BCUT2D eigenvalue weighted by Gasteiger charge is -2.12. The molecule has 20 heavy (non-hydrogen) atoms. The van der Waals surface area contributed by atoms with Crippen LogP contribution < -0.4 is 10.6 Å². The molecule has 0 heterocycles. The molecule has 0 aliphatic heterocycles. The number of hydrogen-bond acceptors (Lipinski definition) is 3. The van der Waals surface area contributed by atoms with E-state index in [4.69, 9.17) is 4.74 Å². The lowest BCUT2D eigenvalue weighted by Crippen LogP contribution is -2.38. The third-order valence-corrected chi connectivity index (χ3v) is 2.36. The maximum atomic E-state index is 11.4. The molecule has 0 aromatic rings. The summed E-state index contributed by atoms with van der Waals surface area (Å²) in [6.07, 6.45) is 3.80. The first-order valence-electron chi connectivity index (χ1n) is 7.31. The summed E-state index contributed by atoms with van der Waals surface area (Å²) in [5.41, 5.74) is 0. The second-order valence-electron chi connectivity index (χ2n) is 4.68. The van der Waals surface area contributed by atoms with Crippen LogP contribution in [0, 0.1) is 0 Å². The summed E-state index contributed by atoms with van der Waals surface area (Å²) in [7, 11) is 0. The Kier molecular flexibility index (Phi) is 16.2. The average molecular weight is 399 g/mol. The summed E-state index contributed by atoms with van der Waals surface area (Å²) < 4.78 is 5.07. The first kappa shape index (κ1) is 21.8. The van der Waals surface area contributed by atoms with Crippen LogP contribution >= 0.6 is 24.0 Å². The number of guanidine groups is 1. The van der Waals surface area contributed by atoms with Gasteiger partial charge in [0.2, 0.25) is 0 Å². The maximum absolute atomic E-state index is 11.4. The molecular weight excluding hydrogens is 369 g/mol. The van der Waals surface area contributed by atoms with E-state index in [-0.39, 0.29) is 36.0 Å². The summed E-state index contributed by atoms with van der Waals surface area (Å²) in [6, 6.07) is 0. The van der Waals surface area contributed by atoms with Crippen molar-refractivity contribution in [1.29, 1.82) is 0 Å². The molecule has 0 saturated carbocycles. The van der Waals surface area contributed by atoms with Crippen molar-refractivity contribution in [3.05, 3.63) is 0 Å². The van der Waals surface area contributed by atoms with Gasteiger partial charge in [0, 0.05) is 19.6 Å². The zero-order chi connectivity index (χ0) is 14.5. The van der Waals surface area contributed by atoms with Crippen molar-refractivity contribution in [3.63, 3.8) is 0 Å². The van der Waals surface area contributed by atoms with Crippen LogP contribution in [0.3, 0.4) is 0 Å². The van der Waals surface area contributed by atoms with E-state index in [0.717, 1.165) is 25.5 Å². The molecule has 2 N–H and O–H groups in total. The largest absolute Gasteiger partial charge is 0.463 e. The van der Waals surface area contributed by atoms with Crippen LogP contribution in [-0.4, -0.2) is 37.7 Å². The molecule has 0 atom stereocenters. The number of hydrogen-bond donors (Lipinski definition) is 2. The molecule has 0 aromatic carbocycles. The van der Waals surface area contributed by atoms with Gasteiger partial charge >= 0.3 is 5.97 Å². The second-order valence-corrected chi connectivity index (χ2v) is 4.68. The molecule has 0 saturated heterocycles. The van der Waals surface area contributed by atoms with Crippen molar-refractivity contribution in [2.45, 2.75) is 59.5 Å². The quantitative estimate of drug-likeness (QED) is 0.206. The van der Waals surface area contributed by atoms with Gasteiger partial charge in [0.05, 0.1) is 12.5 Å². The minimum Gasteiger partial charge on any atom is -0.463 e. The van der Waals surface area contributed by atoms with Crippen molar-refractivity contribution < 1.29 is 9.53 Å². The lowest BCUT2D eigenvalue weighted by molar-refractivity contribution is -0.147. The van der Waals surface area contributed by atoms with Crippen molar-refractivity contribution in [2.75, 3.05) is 19.6 Å². The topological polar surface area (TPSA) is 62.7 Å². The SMILES string of the molecule is CCCCCN=C(NCC)NCCC(=O)OC(C)C.I. The molecule has 0 bridgehead atoms. The van der Waals surface area contributed by atoms with E-state index in [2.05, 4.69) is 22.5 Å². The maximum Gasteiger partial charge on any atom is 0.307 e. The van der Waals surface area contributed by atoms with E-state index in [1.54, 1.807) is 0 Å². The third kappa shape index (κ3) is 13.9. The molecule has 0 fully saturated rings. The van der Waals surface area contributed by atoms with Crippen LogP contribution in [0.1, 0.15) is 53.4 Å². The fraction of sp³-hybridized carbons (Fsp3) is 0.857. The van der Waals surface area contributed by atoms with Crippen LogP contribution in [0.4, 0.5) is 0 Å². The summed E-state index contributed by atoms with van der Waals surface area (Å²) in [6.45, 7) is 10.1. The van der Waals surface area contributed by atoms with E-state index in [1.165, 1.54) is 12.8 Å². The standard InChI is InChI=1S/C14H29N3O2.HI/c1-5-7-8-10-16-14(15-6-2)17-11-9-13(18)19-12(3)4;/h12H,5-11H2,1-4H3,(H2,15,16,17);1H. The molecule has 5 nitrogen and oxygen atoms in total. The number of aliphatic imine (C=N–C) groups is 1. The number of carbonyl (C=O) groups is 1. The zero-order valence-electron chi connectivity index (χ0n) is 13.2. The zero-order valence-corrected chi connectivity index (χ0v) is 15.5. The van der Waals surface area contributed by atoms with Gasteiger partial charge in [0.25, 0.3) is 0 Å². The van der Waals surface area contributed by atoms with Crippen LogP contribution in [0.5, 0.6) is 0 Å². The highest BCUT2D eigenvalue weighted by Crippen LogP contribution is 1.94. The van der Waals surface area contributed by atoms with Gasteiger partial charge in [0.15, 0.2) is 5.96 Å². The Morgan fingerprint density at radius 2 is 1.90 bits per heavy atom. The van der Waals surface area contributed by atoms with Gasteiger partial charge < -0.3 is 15.4 Å². The monoisotopic (exact) mass is 399 g/mol. The van der Waals surface area contributed by atoms with E-state index in [0.29, 0.717) is 13.0 Å². The van der Waals surface area contributed by atoms with Crippen molar-refractivity contribution in [3.8, 4) is 0 Å². The average Bonchev–Trinajstić information content (AvgIpc) is 2.33. The highest BCUT2D eigenvalue weighted by molar-refractivity contribution is 14.0. The van der Waals surface area contributed by atoms with Crippen LogP contribution in [-0.2, 0) is 9.53 Å². The Morgan fingerprint density at radius 3 is 2.45 bits per heavy atom. The minimum atomic E-state index is -0.177. The van der Waals surface area contributed by atoms with Crippen LogP contribution in [0.25, 0.3) is 0 Å². The number of esters is 1. The van der Waals surface area contributed by atoms with Gasteiger partial charge in [0.1, 0.15) is 0 Å². The fourth-order valence-electron chi connectivity index (χ4n) is 1.50. The smallest absolute Gasteiger partial charge is 0.307 e. The van der Waals surface area contributed by atoms with Crippen molar-refractivity contribution in [1.82, 2.24) is 10.6 Å². The Bertz CT molecular complexity index is 271. The molecule has 120 valence electrons. The van der Waals surface area contributed by atoms with E-state index in [1.807, 2.05) is 20.8 Å². The van der Waals surface area contributed by atoms with Crippen molar-refractivity contribution in [2.24, 2.45) is 4.99 Å². The Hall–Kier alpha value is -0.530. The molecule has 0 aliphatic rings. The predicted molar refractivity (Wildman–Crippen MR) is 94.8 cm³/mol. The predicted octanol–water partition coefficient (Wildman–Crippen LogP) is 2.69. The molecule has 0 radical (unpaired) electrons. The fourth-order valence-corrected chi connectivity index (χ4v) is 1.50.